The standard InChI is InChI=1S/C18H15NO/c20-13-16-12-15(10-11-19-16)18-9-5-4-8-17(18)14-6-2-1-3-7-14/h1-12,20H,13H2. The fourth-order valence-corrected chi connectivity index (χ4v) is 2.34. The first-order chi connectivity index (χ1) is 9.88. The van der Waals surface area contributed by atoms with E-state index in [-0.39, 0.29) is 6.61 Å². The van der Waals surface area contributed by atoms with Crippen LogP contribution in [0.4, 0.5) is 0 Å². The summed E-state index contributed by atoms with van der Waals surface area (Å²) >= 11 is 0. The smallest absolute Gasteiger partial charge is 0.0853 e. The zero-order valence-corrected chi connectivity index (χ0v) is 11.0. The van der Waals surface area contributed by atoms with Gasteiger partial charge in [0.2, 0.25) is 0 Å². The first kappa shape index (κ1) is 12.6. The highest BCUT2D eigenvalue weighted by Gasteiger charge is 2.07. The molecule has 1 aromatic heterocycles. The largest absolute Gasteiger partial charge is 0.390 e. The number of nitrogens with zero attached hydrogens (tertiary/aromatic N) is 1. The Morgan fingerprint density at radius 1 is 0.750 bits per heavy atom. The molecule has 2 heteroatoms. The van der Waals surface area contributed by atoms with Crippen LogP contribution in [0.2, 0.25) is 0 Å². The molecule has 0 bridgehead atoms. The van der Waals surface area contributed by atoms with E-state index in [1.807, 2.05) is 42.5 Å². The van der Waals surface area contributed by atoms with Gasteiger partial charge in [-0.2, -0.15) is 0 Å². The Morgan fingerprint density at radius 3 is 2.10 bits per heavy atom. The lowest BCUT2D eigenvalue weighted by Gasteiger charge is -2.10. The Morgan fingerprint density at radius 2 is 1.40 bits per heavy atom. The number of aromatic nitrogens is 1. The molecule has 0 atom stereocenters. The van der Waals surface area contributed by atoms with Gasteiger partial charge in [-0.25, -0.2) is 0 Å². The molecule has 2 aromatic carbocycles. The molecule has 3 aromatic rings. The summed E-state index contributed by atoms with van der Waals surface area (Å²) in [7, 11) is 0. The zero-order valence-electron chi connectivity index (χ0n) is 11.0. The molecule has 1 N–H and O–H groups in total. The molecule has 2 nitrogen and oxygen atoms in total. The van der Waals surface area contributed by atoms with Gasteiger partial charge in [-0.05, 0) is 34.4 Å². The van der Waals surface area contributed by atoms with Crippen molar-refractivity contribution in [2.24, 2.45) is 0 Å². The van der Waals surface area contributed by atoms with E-state index in [0.29, 0.717) is 5.69 Å². The van der Waals surface area contributed by atoms with Crippen molar-refractivity contribution in [2.45, 2.75) is 6.61 Å². The number of pyridine rings is 1. The average Bonchev–Trinajstić information content (AvgIpc) is 2.56. The fourth-order valence-electron chi connectivity index (χ4n) is 2.34. The average molecular weight is 261 g/mol. The molecular weight excluding hydrogens is 246 g/mol. The monoisotopic (exact) mass is 261 g/mol. The third kappa shape index (κ3) is 2.46. The normalized spacial score (nSPS) is 10.4. The van der Waals surface area contributed by atoms with Crippen LogP contribution >= 0.6 is 0 Å². The SMILES string of the molecule is OCc1cc(-c2ccccc2-c2ccccc2)ccn1. The molecule has 98 valence electrons. The quantitative estimate of drug-likeness (QED) is 0.775. The van der Waals surface area contributed by atoms with Crippen LogP contribution in [-0.2, 0) is 6.61 Å². The second-order valence-corrected chi connectivity index (χ2v) is 4.61. The van der Waals surface area contributed by atoms with E-state index in [2.05, 4.69) is 29.2 Å². The molecule has 0 saturated heterocycles. The minimum atomic E-state index is -0.0403. The maximum Gasteiger partial charge on any atom is 0.0853 e. The third-order valence-electron chi connectivity index (χ3n) is 3.30. The Kier molecular flexibility index (Phi) is 3.57. The molecule has 3 rings (SSSR count). The Hall–Kier alpha value is -2.45. The van der Waals surface area contributed by atoms with Gasteiger partial charge >= 0.3 is 0 Å². The molecule has 0 spiro atoms. The first-order valence-electron chi connectivity index (χ1n) is 6.59. The Balaban J connectivity index is 2.15. The second kappa shape index (κ2) is 5.68. The van der Waals surface area contributed by atoms with Crippen LogP contribution in [0.15, 0.2) is 72.9 Å². The van der Waals surface area contributed by atoms with Crippen LogP contribution in [0, 0.1) is 0 Å². The van der Waals surface area contributed by atoms with Crippen molar-refractivity contribution in [3.63, 3.8) is 0 Å². The third-order valence-corrected chi connectivity index (χ3v) is 3.30. The lowest BCUT2D eigenvalue weighted by atomic mass is 9.95. The summed E-state index contributed by atoms with van der Waals surface area (Å²) in [5, 5.41) is 9.23. The van der Waals surface area contributed by atoms with E-state index in [0.717, 1.165) is 11.1 Å². The minimum absolute atomic E-state index is 0.0403. The highest BCUT2D eigenvalue weighted by molar-refractivity contribution is 5.83. The van der Waals surface area contributed by atoms with Gasteiger partial charge in [-0.15, -0.1) is 0 Å². The lowest BCUT2D eigenvalue weighted by Crippen LogP contribution is -1.90. The summed E-state index contributed by atoms with van der Waals surface area (Å²) in [6.45, 7) is -0.0403. The van der Waals surface area contributed by atoms with Gasteiger partial charge in [0.15, 0.2) is 0 Å². The van der Waals surface area contributed by atoms with Gasteiger partial charge in [0.05, 0.1) is 12.3 Å². The van der Waals surface area contributed by atoms with Gasteiger partial charge in [-0.1, -0.05) is 54.6 Å². The van der Waals surface area contributed by atoms with Gasteiger partial charge in [0, 0.05) is 6.20 Å². The summed E-state index contributed by atoms with van der Waals surface area (Å²) in [5.74, 6) is 0. The summed E-state index contributed by atoms with van der Waals surface area (Å²) in [6.07, 6.45) is 1.74. The molecule has 0 unspecified atom stereocenters. The van der Waals surface area contributed by atoms with Gasteiger partial charge in [-0.3, -0.25) is 4.98 Å². The number of aliphatic hydroxyl groups excluding tert-OH is 1. The van der Waals surface area contributed by atoms with Crippen molar-refractivity contribution < 1.29 is 5.11 Å². The highest BCUT2D eigenvalue weighted by atomic mass is 16.3. The molecular formula is C18H15NO. The van der Waals surface area contributed by atoms with E-state index in [4.69, 9.17) is 0 Å². The van der Waals surface area contributed by atoms with E-state index in [1.165, 1.54) is 11.1 Å². The van der Waals surface area contributed by atoms with Gasteiger partial charge < -0.3 is 5.11 Å². The number of hydrogen-bond donors (Lipinski definition) is 1. The molecule has 0 aliphatic carbocycles. The molecule has 0 radical (unpaired) electrons. The minimum Gasteiger partial charge on any atom is -0.390 e. The van der Waals surface area contributed by atoms with Crippen molar-refractivity contribution in [1.82, 2.24) is 4.98 Å². The van der Waals surface area contributed by atoms with E-state index in [1.54, 1.807) is 6.20 Å². The topological polar surface area (TPSA) is 33.1 Å². The maximum absolute atomic E-state index is 9.23. The Labute approximate surface area is 118 Å². The molecule has 0 amide bonds. The van der Waals surface area contributed by atoms with Crippen molar-refractivity contribution in [3.8, 4) is 22.3 Å². The lowest BCUT2D eigenvalue weighted by molar-refractivity contribution is 0.277. The molecule has 20 heavy (non-hydrogen) atoms. The van der Waals surface area contributed by atoms with Crippen LogP contribution in [0.1, 0.15) is 5.69 Å². The van der Waals surface area contributed by atoms with Crippen molar-refractivity contribution in [3.05, 3.63) is 78.6 Å². The van der Waals surface area contributed by atoms with Crippen LogP contribution in [0.25, 0.3) is 22.3 Å². The highest BCUT2D eigenvalue weighted by Crippen LogP contribution is 2.31. The van der Waals surface area contributed by atoms with Crippen LogP contribution < -0.4 is 0 Å². The number of rotatable bonds is 3. The van der Waals surface area contributed by atoms with E-state index in [9.17, 15) is 5.11 Å². The van der Waals surface area contributed by atoms with Crippen molar-refractivity contribution in [1.29, 1.82) is 0 Å². The molecule has 0 fully saturated rings. The molecule has 0 aliphatic heterocycles. The summed E-state index contributed by atoms with van der Waals surface area (Å²) in [4.78, 5) is 4.14. The summed E-state index contributed by atoms with van der Waals surface area (Å²) < 4.78 is 0. The van der Waals surface area contributed by atoms with E-state index < -0.39 is 0 Å². The Bertz CT molecular complexity index is 707. The predicted octanol–water partition coefficient (Wildman–Crippen LogP) is 3.91. The van der Waals surface area contributed by atoms with E-state index >= 15 is 0 Å². The number of aliphatic hydroxyl groups is 1. The first-order valence-corrected chi connectivity index (χ1v) is 6.59. The van der Waals surface area contributed by atoms with Gasteiger partial charge in [0.1, 0.15) is 0 Å². The zero-order chi connectivity index (χ0) is 13.8. The molecule has 0 saturated carbocycles. The van der Waals surface area contributed by atoms with Crippen LogP contribution in [0.3, 0.4) is 0 Å². The van der Waals surface area contributed by atoms with Crippen molar-refractivity contribution in [2.75, 3.05) is 0 Å². The predicted molar refractivity (Wildman–Crippen MR) is 81.0 cm³/mol. The number of hydrogen-bond acceptors (Lipinski definition) is 2. The van der Waals surface area contributed by atoms with Crippen LogP contribution in [0.5, 0.6) is 0 Å². The maximum atomic E-state index is 9.23. The van der Waals surface area contributed by atoms with Crippen molar-refractivity contribution >= 4 is 0 Å². The molecule has 0 aliphatic rings. The molecule has 1 heterocycles. The summed E-state index contributed by atoms with van der Waals surface area (Å²) in [5.41, 5.74) is 5.28. The van der Waals surface area contributed by atoms with Gasteiger partial charge in [0.25, 0.3) is 0 Å². The second-order valence-electron chi connectivity index (χ2n) is 4.61. The number of benzene rings is 2. The summed E-state index contributed by atoms with van der Waals surface area (Å²) in [6, 6.07) is 22.5. The van der Waals surface area contributed by atoms with Crippen LogP contribution in [-0.4, -0.2) is 10.1 Å². The fraction of sp³-hybridized carbons (Fsp3) is 0.0556.